The van der Waals surface area contributed by atoms with Crippen molar-refractivity contribution in [3.05, 3.63) is 29.3 Å². The maximum absolute atomic E-state index is 10.2. The second-order valence-electron chi connectivity index (χ2n) is 5.78. The van der Waals surface area contributed by atoms with Crippen molar-refractivity contribution in [2.45, 2.75) is 58.4 Å². The maximum Gasteiger partial charge on any atom is 0.119 e. The van der Waals surface area contributed by atoms with Gasteiger partial charge in [-0.05, 0) is 50.4 Å². The summed E-state index contributed by atoms with van der Waals surface area (Å²) in [6.07, 6.45) is 4.73. The molecule has 2 atom stereocenters. The van der Waals surface area contributed by atoms with E-state index >= 15 is 0 Å². The van der Waals surface area contributed by atoms with Crippen molar-refractivity contribution in [1.82, 2.24) is 4.90 Å². The first-order valence-corrected chi connectivity index (χ1v) is 7.73. The molecular formula is C17H27NO. The lowest BCUT2D eigenvalue weighted by molar-refractivity contribution is 0.157. The summed E-state index contributed by atoms with van der Waals surface area (Å²) in [5.41, 5.74) is 2.53. The number of fused-ring (bicyclic) bond motifs is 1. The summed E-state index contributed by atoms with van der Waals surface area (Å²) in [7, 11) is 0. The van der Waals surface area contributed by atoms with Crippen molar-refractivity contribution in [3.63, 3.8) is 0 Å². The van der Waals surface area contributed by atoms with Crippen LogP contribution >= 0.6 is 0 Å². The van der Waals surface area contributed by atoms with Crippen molar-refractivity contribution < 1.29 is 5.11 Å². The lowest BCUT2D eigenvalue weighted by Gasteiger charge is -2.39. The van der Waals surface area contributed by atoms with Crippen molar-refractivity contribution in [2.75, 3.05) is 13.1 Å². The third-order valence-electron chi connectivity index (χ3n) is 4.41. The third-order valence-corrected chi connectivity index (χ3v) is 4.41. The van der Waals surface area contributed by atoms with E-state index in [2.05, 4.69) is 31.7 Å². The van der Waals surface area contributed by atoms with Crippen molar-refractivity contribution >= 4 is 0 Å². The maximum atomic E-state index is 10.2. The Balaban J connectivity index is 2.24. The fraction of sp³-hybridized carbons (Fsp3) is 0.647. The lowest BCUT2D eigenvalue weighted by atomic mass is 9.79. The number of phenols is 1. The summed E-state index contributed by atoms with van der Waals surface area (Å²) in [5, 5.41) is 10.2. The summed E-state index contributed by atoms with van der Waals surface area (Å²) < 4.78 is 0. The molecule has 0 amide bonds. The number of nitrogens with zero attached hydrogens (tertiary/aromatic N) is 1. The van der Waals surface area contributed by atoms with Crippen LogP contribution in [0.4, 0.5) is 0 Å². The van der Waals surface area contributed by atoms with E-state index in [1.54, 1.807) is 0 Å². The summed E-state index contributed by atoms with van der Waals surface area (Å²) in [5.74, 6) is 0.922. The number of aryl methyl sites for hydroxylation is 1. The van der Waals surface area contributed by atoms with E-state index in [4.69, 9.17) is 0 Å². The molecule has 0 spiro atoms. The molecule has 2 rings (SSSR count). The van der Waals surface area contributed by atoms with E-state index in [-0.39, 0.29) is 0 Å². The molecule has 19 heavy (non-hydrogen) atoms. The smallest absolute Gasteiger partial charge is 0.119 e. The minimum Gasteiger partial charge on any atom is -0.508 e. The third kappa shape index (κ3) is 2.94. The fourth-order valence-corrected chi connectivity index (χ4v) is 3.61. The Morgan fingerprint density at radius 1 is 1.21 bits per heavy atom. The normalized spacial score (nSPS) is 22.5. The van der Waals surface area contributed by atoms with Gasteiger partial charge in [-0.2, -0.15) is 0 Å². The van der Waals surface area contributed by atoms with E-state index in [0.29, 0.717) is 17.7 Å². The molecule has 1 aromatic rings. The van der Waals surface area contributed by atoms with Gasteiger partial charge in [-0.15, -0.1) is 0 Å². The number of phenolic OH excluding ortho intramolecular Hbond substituents is 1. The standard InChI is InChI=1S/C17H27NO/c1-4-11-18(12-5-2)15-10-9-14-7-6-8-16(19)17(14)13(15)3/h6-8,13,15,19H,4-5,9-12H2,1-3H3/t13-,15-/m1/s1. The van der Waals surface area contributed by atoms with Gasteiger partial charge in [0.25, 0.3) is 0 Å². The SMILES string of the molecule is CCCN(CCC)[C@@H]1CCc2cccc(O)c2[C@@H]1C. The molecule has 0 unspecified atom stereocenters. The highest BCUT2D eigenvalue weighted by molar-refractivity contribution is 5.44. The predicted octanol–water partition coefficient (Wildman–Crippen LogP) is 3.93. The van der Waals surface area contributed by atoms with Crippen molar-refractivity contribution in [3.8, 4) is 5.75 Å². The number of hydrogen-bond donors (Lipinski definition) is 1. The van der Waals surface area contributed by atoms with Crippen LogP contribution in [0.5, 0.6) is 5.75 Å². The number of rotatable bonds is 5. The summed E-state index contributed by atoms with van der Waals surface area (Å²) in [6.45, 7) is 9.13. The van der Waals surface area contributed by atoms with Gasteiger partial charge in [-0.25, -0.2) is 0 Å². The van der Waals surface area contributed by atoms with Crippen LogP contribution in [0.25, 0.3) is 0 Å². The van der Waals surface area contributed by atoms with E-state index in [0.717, 1.165) is 6.42 Å². The van der Waals surface area contributed by atoms with Crippen LogP contribution in [-0.4, -0.2) is 29.1 Å². The van der Waals surface area contributed by atoms with E-state index in [1.807, 2.05) is 12.1 Å². The van der Waals surface area contributed by atoms with Crippen LogP contribution < -0.4 is 0 Å². The number of benzene rings is 1. The molecule has 2 nitrogen and oxygen atoms in total. The second kappa shape index (κ2) is 6.42. The van der Waals surface area contributed by atoms with Crippen LogP contribution in [-0.2, 0) is 6.42 Å². The highest BCUT2D eigenvalue weighted by atomic mass is 16.3. The zero-order chi connectivity index (χ0) is 13.8. The first kappa shape index (κ1) is 14.4. The summed E-state index contributed by atoms with van der Waals surface area (Å²) >= 11 is 0. The van der Waals surface area contributed by atoms with Crippen molar-refractivity contribution in [2.24, 2.45) is 0 Å². The van der Waals surface area contributed by atoms with Gasteiger partial charge in [0.2, 0.25) is 0 Å². The van der Waals surface area contributed by atoms with Gasteiger partial charge in [0.1, 0.15) is 5.75 Å². The zero-order valence-electron chi connectivity index (χ0n) is 12.5. The fourth-order valence-electron chi connectivity index (χ4n) is 3.61. The van der Waals surface area contributed by atoms with Crippen LogP contribution in [0.1, 0.15) is 57.1 Å². The van der Waals surface area contributed by atoms with Crippen LogP contribution in [0.2, 0.25) is 0 Å². The topological polar surface area (TPSA) is 23.5 Å². The average molecular weight is 261 g/mol. The Morgan fingerprint density at radius 2 is 1.89 bits per heavy atom. The Bertz CT molecular complexity index is 410. The van der Waals surface area contributed by atoms with Crippen LogP contribution in [0, 0.1) is 0 Å². The quantitative estimate of drug-likeness (QED) is 0.868. The van der Waals surface area contributed by atoms with Crippen LogP contribution in [0.15, 0.2) is 18.2 Å². The monoisotopic (exact) mass is 261 g/mol. The molecule has 1 aliphatic carbocycles. The molecule has 0 fully saturated rings. The molecule has 0 radical (unpaired) electrons. The second-order valence-corrected chi connectivity index (χ2v) is 5.78. The molecule has 106 valence electrons. The van der Waals surface area contributed by atoms with E-state index in [9.17, 15) is 5.11 Å². The van der Waals surface area contributed by atoms with Gasteiger partial charge in [0.15, 0.2) is 0 Å². The van der Waals surface area contributed by atoms with Gasteiger partial charge in [0, 0.05) is 17.5 Å². The molecule has 0 bridgehead atoms. The number of hydrogen-bond acceptors (Lipinski definition) is 2. The van der Waals surface area contributed by atoms with Gasteiger partial charge >= 0.3 is 0 Å². The molecule has 0 saturated heterocycles. The first-order valence-electron chi connectivity index (χ1n) is 7.73. The molecule has 0 aliphatic heterocycles. The Labute approximate surface area is 117 Å². The summed E-state index contributed by atoms with van der Waals surface area (Å²) in [6, 6.07) is 6.56. The van der Waals surface area contributed by atoms with Gasteiger partial charge in [0.05, 0.1) is 0 Å². The molecule has 1 aliphatic rings. The largest absolute Gasteiger partial charge is 0.508 e. The minimum absolute atomic E-state index is 0.433. The highest BCUT2D eigenvalue weighted by Crippen LogP contribution is 2.39. The van der Waals surface area contributed by atoms with Gasteiger partial charge < -0.3 is 5.11 Å². The zero-order valence-corrected chi connectivity index (χ0v) is 12.5. The Kier molecular flexibility index (Phi) is 4.87. The van der Waals surface area contributed by atoms with E-state index in [1.165, 1.54) is 43.5 Å². The molecule has 0 aromatic heterocycles. The highest BCUT2D eigenvalue weighted by Gasteiger charge is 2.31. The lowest BCUT2D eigenvalue weighted by Crippen LogP contribution is -2.42. The van der Waals surface area contributed by atoms with Crippen molar-refractivity contribution in [1.29, 1.82) is 0 Å². The molecule has 1 N–H and O–H groups in total. The predicted molar refractivity (Wildman–Crippen MR) is 80.8 cm³/mol. The Hall–Kier alpha value is -1.02. The molecular weight excluding hydrogens is 234 g/mol. The molecule has 2 heteroatoms. The summed E-state index contributed by atoms with van der Waals surface area (Å²) in [4.78, 5) is 2.63. The average Bonchev–Trinajstić information content (AvgIpc) is 2.39. The minimum atomic E-state index is 0.433. The van der Waals surface area contributed by atoms with E-state index < -0.39 is 0 Å². The molecule has 0 heterocycles. The number of aromatic hydroxyl groups is 1. The Morgan fingerprint density at radius 3 is 2.53 bits per heavy atom. The van der Waals surface area contributed by atoms with Gasteiger partial charge in [-0.1, -0.05) is 32.9 Å². The first-order chi connectivity index (χ1) is 9.19. The van der Waals surface area contributed by atoms with Crippen LogP contribution in [0.3, 0.4) is 0 Å². The van der Waals surface area contributed by atoms with Gasteiger partial charge in [-0.3, -0.25) is 4.90 Å². The molecule has 1 aromatic carbocycles. The molecule has 0 saturated carbocycles.